The van der Waals surface area contributed by atoms with Crippen LogP contribution in [-0.4, -0.2) is 83.4 Å². The molecule has 0 aromatic carbocycles. The number of aliphatic hydroxyl groups is 2. The zero-order chi connectivity index (χ0) is 28.2. The number of ether oxygens (including phenoxy) is 3. The molecule has 0 radical (unpaired) electrons. The number of carbonyl (C=O) groups excluding carboxylic acids is 4. The average Bonchev–Trinajstić information content (AvgIpc) is 3.13. The second kappa shape index (κ2) is 9.66. The number of carbonyl (C=O) groups is 5. The second-order valence-electron chi connectivity index (χ2n) is 10.5. The normalized spacial score (nSPS) is 34.4. The van der Waals surface area contributed by atoms with Crippen molar-refractivity contribution < 1.29 is 53.5 Å². The second-order valence-corrected chi connectivity index (χ2v) is 10.5. The first-order valence-corrected chi connectivity index (χ1v) is 12.3. The van der Waals surface area contributed by atoms with Crippen molar-refractivity contribution in [2.75, 3.05) is 20.3 Å². The molecule has 4 rings (SSSR count). The van der Waals surface area contributed by atoms with Gasteiger partial charge < -0.3 is 34.8 Å². The fourth-order valence-corrected chi connectivity index (χ4v) is 6.48. The minimum Gasteiger partial charge on any atom is -0.504 e. The summed E-state index contributed by atoms with van der Waals surface area (Å²) in [7, 11) is 1.38. The summed E-state index contributed by atoms with van der Waals surface area (Å²) in [6, 6.07) is -1.48. The van der Waals surface area contributed by atoms with Crippen molar-refractivity contribution in [3.05, 3.63) is 34.3 Å². The number of esters is 2. The van der Waals surface area contributed by atoms with Crippen LogP contribution in [0, 0.1) is 16.7 Å². The largest absolute Gasteiger partial charge is 0.504 e. The van der Waals surface area contributed by atoms with Crippen LogP contribution in [0.4, 0.5) is 0 Å². The van der Waals surface area contributed by atoms with E-state index in [0.29, 0.717) is 12.0 Å². The van der Waals surface area contributed by atoms with Gasteiger partial charge in [0.15, 0.2) is 5.76 Å². The SMILES string of the molecule is COC[C@H]1OC(=O)/C(=C\N[C@H](CO)C(=O)O)C2=C(O)C(=O)C3=C([C@H](OC(C)=O)C[C@]4(C)C(=O)CC[C@@H]34)[C@]21C. The highest BCUT2D eigenvalue weighted by molar-refractivity contribution is 6.14. The molecule has 2 fully saturated rings. The summed E-state index contributed by atoms with van der Waals surface area (Å²) in [5.74, 6) is -5.19. The molecule has 0 unspecified atom stereocenters. The molecular formula is C26H31NO11. The Morgan fingerprint density at radius 2 is 1.95 bits per heavy atom. The highest BCUT2D eigenvalue weighted by Gasteiger charge is 2.64. The van der Waals surface area contributed by atoms with Gasteiger partial charge in [0, 0.05) is 55.6 Å². The van der Waals surface area contributed by atoms with Gasteiger partial charge in [-0.05, 0) is 18.9 Å². The summed E-state index contributed by atoms with van der Waals surface area (Å²) in [6.45, 7) is 3.60. The minimum absolute atomic E-state index is 0.0737. The summed E-state index contributed by atoms with van der Waals surface area (Å²) in [5.41, 5.74) is -2.44. The molecule has 0 amide bonds. The summed E-state index contributed by atoms with van der Waals surface area (Å²) in [5, 5.41) is 32.4. The standard InChI is InChI=1S/C26H31NO11/c1-11(29)37-15-7-25(2)13(5-6-16(25)30)18-20(15)26(3)17(10-36-4)38-24(35)12(19(26)22(32)21(18)31)8-27-14(9-28)23(33)34/h8,13-15,17,27-28,32H,5-7,9-10H2,1-4H3,(H,33,34)/b12-8-/t13-,14+,15+,17+,25-,26-/m0/s1. The van der Waals surface area contributed by atoms with E-state index in [4.69, 9.17) is 14.2 Å². The van der Waals surface area contributed by atoms with Crippen LogP contribution in [0.5, 0.6) is 0 Å². The summed E-state index contributed by atoms with van der Waals surface area (Å²) in [6.07, 6.45) is -0.452. The van der Waals surface area contributed by atoms with E-state index in [1.165, 1.54) is 14.0 Å². The van der Waals surface area contributed by atoms with Gasteiger partial charge >= 0.3 is 17.9 Å². The Bertz CT molecular complexity index is 1210. The number of nitrogens with one attached hydrogen (secondary N) is 1. The number of fused-ring (bicyclic) bond motifs is 4. The Labute approximate surface area is 218 Å². The first-order valence-electron chi connectivity index (χ1n) is 12.3. The topological polar surface area (TPSA) is 186 Å². The van der Waals surface area contributed by atoms with E-state index in [2.05, 4.69) is 5.32 Å². The zero-order valence-corrected chi connectivity index (χ0v) is 21.5. The van der Waals surface area contributed by atoms with Crippen LogP contribution in [0.3, 0.4) is 0 Å². The van der Waals surface area contributed by atoms with Crippen LogP contribution in [0.1, 0.15) is 40.0 Å². The van der Waals surface area contributed by atoms with Crippen molar-refractivity contribution in [1.29, 1.82) is 0 Å². The molecule has 1 heterocycles. The smallest absolute Gasteiger partial charge is 0.340 e. The number of carboxylic acid groups (broad SMARTS) is 1. The first-order chi connectivity index (χ1) is 17.8. The molecule has 0 spiro atoms. The molecule has 1 saturated heterocycles. The summed E-state index contributed by atoms with van der Waals surface area (Å²) < 4.78 is 16.7. The van der Waals surface area contributed by atoms with E-state index >= 15 is 0 Å². The van der Waals surface area contributed by atoms with Gasteiger partial charge in [-0.2, -0.15) is 0 Å². The Morgan fingerprint density at radius 3 is 2.53 bits per heavy atom. The van der Waals surface area contributed by atoms with Crippen molar-refractivity contribution in [1.82, 2.24) is 5.32 Å². The number of aliphatic carboxylic acids is 1. The van der Waals surface area contributed by atoms with Gasteiger partial charge in [-0.25, -0.2) is 9.59 Å². The molecule has 4 N–H and O–H groups in total. The molecule has 4 aliphatic rings. The molecule has 1 saturated carbocycles. The fourth-order valence-electron chi connectivity index (χ4n) is 6.48. The highest BCUT2D eigenvalue weighted by Crippen LogP contribution is 2.62. The number of hydrogen-bond donors (Lipinski definition) is 4. The Balaban J connectivity index is 1.98. The summed E-state index contributed by atoms with van der Waals surface area (Å²) >= 11 is 0. The van der Waals surface area contributed by atoms with Gasteiger partial charge in [0.05, 0.1) is 24.2 Å². The van der Waals surface area contributed by atoms with Crippen molar-refractivity contribution in [2.45, 2.75) is 58.3 Å². The van der Waals surface area contributed by atoms with E-state index in [0.717, 1.165) is 6.20 Å². The molecular weight excluding hydrogens is 502 g/mol. The van der Waals surface area contributed by atoms with Crippen LogP contribution in [0.15, 0.2) is 34.3 Å². The molecule has 6 atom stereocenters. The molecule has 12 heteroatoms. The lowest BCUT2D eigenvalue weighted by atomic mass is 9.53. The van der Waals surface area contributed by atoms with E-state index in [1.54, 1.807) is 13.8 Å². The van der Waals surface area contributed by atoms with Gasteiger partial charge in [-0.1, -0.05) is 6.92 Å². The Morgan fingerprint density at radius 1 is 1.26 bits per heavy atom. The lowest BCUT2D eigenvalue weighted by molar-refractivity contribution is -0.160. The van der Waals surface area contributed by atoms with Crippen LogP contribution in [-0.2, 0) is 38.2 Å². The Hall–Kier alpha value is -3.51. The van der Waals surface area contributed by atoms with Gasteiger partial charge in [0.1, 0.15) is 24.0 Å². The fraction of sp³-hybridized carbons (Fsp3) is 0.577. The van der Waals surface area contributed by atoms with Gasteiger partial charge in [-0.3, -0.25) is 14.4 Å². The molecule has 0 aromatic heterocycles. The van der Waals surface area contributed by atoms with E-state index < -0.39 is 71.1 Å². The molecule has 206 valence electrons. The van der Waals surface area contributed by atoms with Gasteiger partial charge in [0.2, 0.25) is 5.78 Å². The first kappa shape index (κ1) is 27.5. The predicted molar refractivity (Wildman–Crippen MR) is 127 cm³/mol. The van der Waals surface area contributed by atoms with Crippen molar-refractivity contribution in [3.63, 3.8) is 0 Å². The third-order valence-electron chi connectivity index (χ3n) is 8.33. The molecule has 0 aromatic rings. The van der Waals surface area contributed by atoms with Crippen LogP contribution in [0.25, 0.3) is 0 Å². The number of ketones is 2. The number of cyclic esters (lactones) is 1. The van der Waals surface area contributed by atoms with E-state index in [1.807, 2.05) is 0 Å². The lowest BCUT2D eigenvalue weighted by Gasteiger charge is -2.53. The third-order valence-corrected chi connectivity index (χ3v) is 8.33. The number of methoxy groups -OCH3 is 1. The number of allylic oxidation sites excluding steroid dienone is 1. The number of hydrogen-bond acceptors (Lipinski definition) is 11. The highest BCUT2D eigenvalue weighted by atomic mass is 16.6. The molecule has 12 nitrogen and oxygen atoms in total. The zero-order valence-electron chi connectivity index (χ0n) is 21.5. The molecule has 3 aliphatic carbocycles. The molecule has 0 bridgehead atoms. The number of aliphatic hydroxyl groups excluding tert-OH is 2. The maximum Gasteiger partial charge on any atom is 0.340 e. The van der Waals surface area contributed by atoms with Gasteiger partial charge in [0.25, 0.3) is 0 Å². The van der Waals surface area contributed by atoms with Crippen molar-refractivity contribution in [3.8, 4) is 0 Å². The van der Waals surface area contributed by atoms with Crippen LogP contribution in [0.2, 0.25) is 0 Å². The van der Waals surface area contributed by atoms with Crippen molar-refractivity contribution in [2.24, 2.45) is 16.7 Å². The average molecular weight is 534 g/mol. The third kappa shape index (κ3) is 3.93. The quantitative estimate of drug-likeness (QED) is 0.263. The van der Waals surface area contributed by atoms with Crippen LogP contribution >= 0.6 is 0 Å². The lowest BCUT2D eigenvalue weighted by Crippen LogP contribution is -2.57. The summed E-state index contributed by atoms with van der Waals surface area (Å²) in [4.78, 5) is 63.5. The number of rotatable bonds is 7. The minimum atomic E-state index is -1.48. The van der Waals surface area contributed by atoms with Crippen LogP contribution < -0.4 is 5.32 Å². The van der Waals surface area contributed by atoms with E-state index in [9.17, 15) is 39.3 Å². The number of Topliss-reactive ketones (excluding diaryl/α,β-unsaturated/α-hetero) is 2. The van der Waals surface area contributed by atoms with Crippen molar-refractivity contribution >= 4 is 29.5 Å². The maximum atomic E-state index is 13.8. The Kier molecular flexibility index (Phi) is 7.00. The monoisotopic (exact) mass is 533 g/mol. The predicted octanol–water partition coefficient (Wildman–Crippen LogP) is 0.496. The maximum absolute atomic E-state index is 13.8. The number of carboxylic acids is 1. The van der Waals surface area contributed by atoms with Gasteiger partial charge in [-0.15, -0.1) is 0 Å². The van der Waals surface area contributed by atoms with E-state index in [-0.39, 0.29) is 42.0 Å². The molecule has 38 heavy (non-hydrogen) atoms. The molecule has 1 aliphatic heterocycles.